The van der Waals surface area contributed by atoms with Crippen molar-refractivity contribution in [3.05, 3.63) is 60.1 Å². The van der Waals surface area contributed by atoms with E-state index in [2.05, 4.69) is 20.3 Å². The normalized spacial score (nSPS) is 11.3. The summed E-state index contributed by atoms with van der Waals surface area (Å²) in [7, 11) is 1.89. The molecular formula is C26H28F2N6O2. The van der Waals surface area contributed by atoms with Gasteiger partial charge in [-0.1, -0.05) is 0 Å². The third-order valence-electron chi connectivity index (χ3n) is 5.82. The van der Waals surface area contributed by atoms with Gasteiger partial charge in [-0.2, -0.15) is 0 Å². The minimum Gasteiger partial charge on any atom is -0.372 e. The highest BCUT2D eigenvalue weighted by Gasteiger charge is 2.17. The number of aryl methyl sites for hydroxylation is 1. The average molecular weight is 495 g/mol. The number of carbonyl (C=O) groups excluding carboxylic acids is 1. The Kier molecular flexibility index (Phi) is 7.54. The largest absolute Gasteiger partial charge is 0.372 e. The number of aromatic nitrogens is 4. The van der Waals surface area contributed by atoms with Gasteiger partial charge in [0.05, 0.1) is 30.2 Å². The standard InChI is InChI=1S/C26H28F2N6O2/c1-16(2)34-17(3)11-20-21(27)12-18(13-23(20)34)25-22(28)15-30-26(32-25)31-24-6-5-19(14-29-24)33(4)7-9-36-10-8-35/h5-6,8,11-16H,7,9-10H2,1-4H3,(H,29,30,31,32). The van der Waals surface area contributed by atoms with Gasteiger partial charge in [0.2, 0.25) is 5.95 Å². The van der Waals surface area contributed by atoms with E-state index in [1.54, 1.807) is 24.4 Å². The molecule has 4 aromatic rings. The van der Waals surface area contributed by atoms with Crippen LogP contribution >= 0.6 is 0 Å². The number of nitrogens with zero attached hydrogens (tertiary/aromatic N) is 5. The summed E-state index contributed by atoms with van der Waals surface area (Å²) in [5.41, 5.74) is 2.78. The first-order chi connectivity index (χ1) is 17.3. The molecule has 10 heteroatoms. The number of hydrogen-bond acceptors (Lipinski definition) is 7. The molecule has 1 aromatic carbocycles. The molecule has 188 valence electrons. The zero-order chi connectivity index (χ0) is 25.8. The van der Waals surface area contributed by atoms with E-state index < -0.39 is 11.6 Å². The number of likely N-dealkylation sites (N-methyl/N-ethyl adjacent to an activating group) is 1. The molecule has 0 saturated heterocycles. The van der Waals surface area contributed by atoms with Gasteiger partial charge in [-0.25, -0.2) is 23.7 Å². The van der Waals surface area contributed by atoms with Crippen LogP contribution in [0, 0.1) is 18.6 Å². The molecule has 0 fully saturated rings. The van der Waals surface area contributed by atoms with Crippen LogP contribution in [0.15, 0.2) is 42.7 Å². The van der Waals surface area contributed by atoms with E-state index in [0.717, 1.165) is 17.6 Å². The lowest BCUT2D eigenvalue weighted by molar-refractivity contribution is -0.111. The molecule has 8 nitrogen and oxygen atoms in total. The SMILES string of the molecule is Cc1cc2c(F)cc(-c3nc(Nc4ccc(N(C)CCOCC=O)cn4)ncc3F)cc2n1C(C)C. The highest BCUT2D eigenvalue weighted by molar-refractivity contribution is 5.87. The summed E-state index contributed by atoms with van der Waals surface area (Å²) in [5, 5.41) is 3.46. The van der Waals surface area contributed by atoms with Crippen molar-refractivity contribution in [2.45, 2.75) is 26.8 Å². The second-order valence-corrected chi connectivity index (χ2v) is 8.72. The fraction of sp³-hybridized carbons (Fsp3) is 0.308. The molecule has 0 atom stereocenters. The summed E-state index contributed by atoms with van der Waals surface area (Å²) >= 11 is 0. The van der Waals surface area contributed by atoms with Gasteiger partial charge < -0.3 is 24.3 Å². The monoisotopic (exact) mass is 494 g/mol. The van der Waals surface area contributed by atoms with Crippen LogP contribution in [-0.4, -0.2) is 52.6 Å². The van der Waals surface area contributed by atoms with Crippen LogP contribution < -0.4 is 10.2 Å². The lowest BCUT2D eigenvalue weighted by atomic mass is 10.1. The molecule has 0 bridgehead atoms. The smallest absolute Gasteiger partial charge is 0.229 e. The van der Waals surface area contributed by atoms with E-state index in [9.17, 15) is 13.6 Å². The Balaban J connectivity index is 1.57. The lowest BCUT2D eigenvalue weighted by Crippen LogP contribution is -2.23. The molecule has 36 heavy (non-hydrogen) atoms. The van der Waals surface area contributed by atoms with E-state index in [1.807, 2.05) is 43.4 Å². The number of pyridine rings is 1. The van der Waals surface area contributed by atoms with Crippen molar-refractivity contribution >= 4 is 34.6 Å². The van der Waals surface area contributed by atoms with Gasteiger partial charge in [-0.15, -0.1) is 0 Å². The van der Waals surface area contributed by atoms with Crippen LogP contribution in [0.4, 0.5) is 26.2 Å². The topological polar surface area (TPSA) is 85.2 Å². The Morgan fingerprint density at radius 2 is 1.94 bits per heavy atom. The van der Waals surface area contributed by atoms with Crippen LogP contribution in [0.3, 0.4) is 0 Å². The Labute approximate surface area is 208 Å². The number of ether oxygens (including phenoxy) is 1. The predicted molar refractivity (Wildman–Crippen MR) is 136 cm³/mol. The third kappa shape index (κ3) is 5.33. The van der Waals surface area contributed by atoms with E-state index in [4.69, 9.17) is 4.74 Å². The van der Waals surface area contributed by atoms with Crippen LogP contribution in [-0.2, 0) is 9.53 Å². The first-order valence-corrected chi connectivity index (χ1v) is 11.6. The third-order valence-corrected chi connectivity index (χ3v) is 5.82. The summed E-state index contributed by atoms with van der Waals surface area (Å²) in [5.74, 6) is -0.484. The highest BCUT2D eigenvalue weighted by Crippen LogP contribution is 2.32. The Bertz CT molecular complexity index is 1370. The van der Waals surface area contributed by atoms with Gasteiger partial charge in [0.1, 0.15) is 30.2 Å². The fourth-order valence-corrected chi connectivity index (χ4v) is 4.13. The molecule has 0 aliphatic rings. The second-order valence-electron chi connectivity index (χ2n) is 8.72. The maximum Gasteiger partial charge on any atom is 0.229 e. The number of hydrogen-bond donors (Lipinski definition) is 1. The summed E-state index contributed by atoms with van der Waals surface area (Å²) in [6.07, 6.45) is 3.43. The van der Waals surface area contributed by atoms with E-state index in [1.165, 1.54) is 6.07 Å². The van der Waals surface area contributed by atoms with E-state index in [0.29, 0.717) is 41.7 Å². The second kappa shape index (κ2) is 10.8. The Morgan fingerprint density at radius 3 is 2.64 bits per heavy atom. The molecule has 0 unspecified atom stereocenters. The summed E-state index contributed by atoms with van der Waals surface area (Å²) < 4.78 is 36.9. The van der Waals surface area contributed by atoms with Crippen molar-refractivity contribution in [2.75, 3.05) is 37.0 Å². The highest BCUT2D eigenvalue weighted by atomic mass is 19.1. The zero-order valence-electron chi connectivity index (χ0n) is 20.6. The first-order valence-electron chi connectivity index (χ1n) is 11.6. The number of nitrogens with one attached hydrogen (secondary N) is 1. The molecule has 0 aliphatic carbocycles. The molecule has 0 amide bonds. The van der Waals surface area contributed by atoms with Gasteiger partial charge in [0.15, 0.2) is 5.82 Å². The van der Waals surface area contributed by atoms with Crippen LogP contribution in [0.25, 0.3) is 22.2 Å². The number of halogens is 2. The number of fused-ring (bicyclic) bond motifs is 1. The Morgan fingerprint density at radius 1 is 1.14 bits per heavy atom. The van der Waals surface area contributed by atoms with Gasteiger partial charge in [0, 0.05) is 36.3 Å². The number of rotatable bonds is 10. The number of benzene rings is 1. The van der Waals surface area contributed by atoms with Crippen molar-refractivity contribution in [3.8, 4) is 11.3 Å². The number of aldehydes is 1. The fourth-order valence-electron chi connectivity index (χ4n) is 4.13. The van der Waals surface area contributed by atoms with Crippen molar-refractivity contribution < 1.29 is 18.3 Å². The molecular weight excluding hydrogens is 466 g/mol. The number of carbonyl (C=O) groups is 1. The maximum absolute atomic E-state index is 15.0. The molecule has 0 spiro atoms. The molecule has 3 aromatic heterocycles. The van der Waals surface area contributed by atoms with Crippen molar-refractivity contribution in [2.24, 2.45) is 0 Å². The maximum atomic E-state index is 15.0. The summed E-state index contributed by atoms with van der Waals surface area (Å²) in [6, 6.07) is 8.55. The molecule has 0 aliphatic heterocycles. The Hall–Kier alpha value is -3.92. The molecule has 1 N–H and O–H groups in total. The molecule has 0 radical (unpaired) electrons. The van der Waals surface area contributed by atoms with Gasteiger partial charge >= 0.3 is 0 Å². The minimum atomic E-state index is -0.652. The van der Waals surface area contributed by atoms with Crippen LogP contribution in [0.1, 0.15) is 25.6 Å². The average Bonchev–Trinajstić information content (AvgIpc) is 3.20. The van der Waals surface area contributed by atoms with Gasteiger partial charge in [0.25, 0.3) is 0 Å². The van der Waals surface area contributed by atoms with Gasteiger partial charge in [-0.3, -0.25) is 0 Å². The number of anilines is 3. The van der Waals surface area contributed by atoms with Crippen LogP contribution in [0.5, 0.6) is 0 Å². The summed E-state index contributed by atoms with van der Waals surface area (Å²) in [6.45, 7) is 7.02. The molecule has 4 rings (SSSR count). The zero-order valence-corrected chi connectivity index (χ0v) is 20.6. The van der Waals surface area contributed by atoms with Crippen molar-refractivity contribution in [3.63, 3.8) is 0 Å². The predicted octanol–water partition coefficient (Wildman–Crippen LogP) is 5.06. The van der Waals surface area contributed by atoms with E-state index in [-0.39, 0.29) is 24.3 Å². The lowest BCUT2D eigenvalue weighted by Gasteiger charge is -2.18. The molecule has 3 heterocycles. The van der Waals surface area contributed by atoms with E-state index >= 15 is 0 Å². The minimum absolute atomic E-state index is 0.00543. The quantitative estimate of drug-likeness (QED) is 0.244. The summed E-state index contributed by atoms with van der Waals surface area (Å²) in [4.78, 5) is 25.0. The van der Waals surface area contributed by atoms with Crippen LogP contribution in [0.2, 0.25) is 0 Å². The first kappa shape index (κ1) is 25.2. The van der Waals surface area contributed by atoms with Crippen molar-refractivity contribution in [1.82, 2.24) is 19.5 Å². The molecule has 0 saturated carbocycles. The van der Waals surface area contributed by atoms with Crippen molar-refractivity contribution in [1.29, 1.82) is 0 Å². The van der Waals surface area contributed by atoms with Gasteiger partial charge in [-0.05, 0) is 51.1 Å².